The maximum atomic E-state index is 11.1. The van der Waals surface area contributed by atoms with Crippen molar-refractivity contribution in [3.05, 3.63) is 48.2 Å². The van der Waals surface area contributed by atoms with Crippen LogP contribution < -0.4 is 5.32 Å². The van der Waals surface area contributed by atoms with E-state index in [4.69, 9.17) is 5.11 Å². The second-order valence-corrected chi connectivity index (χ2v) is 5.03. The van der Waals surface area contributed by atoms with Crippen molar-refractivity contribution >= 4 is 11.8 Å². The van der Waals surface area contributed by atoms with E-state index in [1.54, 1.807) is 12.4 Å². The molecule has 6 heteroatoms. The number of nitrogens with one attached hydrogen (secondary N) is 1. The fourth-order valence-electron chi connectivity index (χ4n) is 1.83. The van der Waals surface area contributed by atoms with Gasteiger partial charge in [0.25, 0.3) is 0 Å². The van der Waals surface area contributed by atoms with Crippen LogP contribution in [-0.4, -0.2) is 32.6 Å². The van der Waals surface area contributed by atoms with Gasteiger partial charge in [-0.05, 0) is 17.7 Å². The molecule has 2 heterocycles. The SMILES string of the molecule is CC(C)(CNc1nccnc1C(=O)O)c1ccncc1. The van der Waals surface area contributed by atoms with Crippen LogP contribution in [0.1, 0.15) is 29.9 Å². The molecule has 0 spiro atoms. The molecule has 0 radical (unpaired) electrons. The Morgan fingerprint density at radius 2 is 1.85 bits per heavy atom. The maximum Gasteiger partial charge on any atom is 0.358 e. The minimum atomic E-state index is -1.10. The number of carboxylic acids is 1. The lowest BCUT2D eigenvalue weighted by Crippen LogP contribution is -2.28. The topological polar surface area (TPSA) is 88.0 Å². The molecule has 0 saturated carbocycles. The molecule has 104 valence electrons. The molecule has 0 saturated heterocycles. The van der Waals surface area contributed by atoms with Crippen LogP contribution in [0, 0.1) is 0 Å². The Balaban J connectivity index is 2.15. The van der Waals surface area contributed by atoms with Gasteiger partial charge in [0.2, 0.25) is 0 Å². The summed E-state index contributed by atoms with van der Waals surface area (Å²) in [7, 11) is 0. The lowest BCUT2D eigenvalue weighted by atomic mass is 9.85. The fraction of sp³-hybridized carbons (Fsp3) is 0.286. The summed E-state index contributed by atoms with van der Waals surface area (Å²) < 4.78 is 0. The first kappa shape index (κ1) is 13.9. The highest BCUT2D eigenvalue weighted by Crippen LogP contribution is 2.23. The molecule has 2 aromatic rings. The summed E-state index contributed by atoms with van der Waals surface area (Å²) in [5.41, 5.74) is 0.856. The molecule has 0 aliphatic heterocycles. The third-order valence-electron chi connectivity index (χ3n) is 3.06. The van der Waals surface area contributed by atoms with Crippen LogP contribution >= 0.6 is 0 Å². The minimum absolute atomic E-state index is 0.0713. The Labute approximate surface area is 116 Å². The van der Waals surface area contributed by atoms with E-state index in [-0.39, 0.29) is 16.9 Å². The summed E-state index contributed by atoms with van der Waals surface area (Å²) in [6.07, 6.45) is 6.31. The van der Waals surface area contributed by atoms with Gasteiger partial charge in [-0.1, -0.05) is 13.8 Å². The van der Waals surface area contributed by atoms with E-state index in [1.807, 2.05) is 12.1 Å². The number of aromatic nitrogens is 3. The number of hydrogen-bond acceptors (Lipinski definition) is 5. The van der Waals surface area contributed by atoms with E-state index in [1.165, 1.54) is 12.4 Å². The molecule has 0 unspecified atom stereocenters. The van der Waals surface area contributed by atoms with Gasteiger partial charge >= 0.3 is 5.97 Å². The zero-order valence-electron chi connectivity index (χ0n) is 11.4. The lowest BCUT2D eigenvalue weighted by molar-refractivity contribution is 0.0691. The average Bonchev–Trinajstić information content (AvgIpc) is 2.46. The lowest BCUT2D eigenvalue weighted by Gasteiger charge is -2.25. The van der Waals surface area contributed by atoms with Crippen molar-refractivity contribution in [3.63, 3.8) is 0 Å². The normalized spacial score (nSPS) is 11.1. The predicted molar refractivity (Wildman–Crippen MR) is 74.7 cm³/mol. The number of nitrogens with zero attached hydrogens (tertiary/aromatic N) is 3. The molecule has 20 heavy (non-hydrogen) atoms. The summed E-state index contributed by atoms with van der Waals surface area (Å²) in [6, 6.07) is 3.88. The van der Waals surface area contributed by atoms with Gasteiger partial charge in [-0.25, -0.2) is 14.8 Å². The van der Waals surface area contributed by atoms with Crippen LogP contribution in [0.15, 0.2) is 36.9 Å². The number of carbonyl (C=O) groups is 1. The quantitative estimate of drug-likeness (QED) is 0.865. The van der Waals surface area contributed by atoms with E-state index in [0.29, 0.717) is 6.54 Å². The van der Waals surface area contributed by atoms with E-state index >= 15 is 0 Å². The van der Waals surface area contributed by atoms with Crippen LogP contribution in [0.25, 0.3) is 0 Å². The summed E-state index contributed by atoms with van der Waals surface area (Å²) in [5.74, 6) is -0.815. The van der Waals surface area contributed by atoms with Crippen LogP contribution in [0.4, 0.5) is 5.82 Å². The van der Waals surface area contributed by atoms with Gasteiger partial charge in [0, 0.05) is 36.7 Å². The van der Waals surface area contributed by atoms with Gasteiger partial charge in [0.05, 0.1) is 0 Å². The number of anilines is 1. The van der Waals surface area contributed by atoms with Gasteiger partial charge in [-0.2, -0.15) is 0 Å². The molecule has 0 aromatic carbocycles. The van der Waals surface area contributed by atoms with Gasteiger partial charge < -0.3 is 10.4 Å². The first-order valence-electron chi connectivity index (χ1n) is 6.19. The first-order chi connectivity index (χ1) is 9.50. The minimum Gasteiger partial charge on any atom is -0.476 e. The Bertz CT molecular complexity index is 599. The van der Waals surface area contributed by atoms with Gasteiger partial charge in [-0.3, -0.25) is 4.98 Å². The summed E-state index contributed by atoms with van der Waals surface area (Å²) >= 11 is 0. The smallest absolute Gasteiger partial charge is 0.358 e. The Kier molecular flexibility index (Phi) is 3.93. The number of hydrogen-bond donors (Lipinski definition) is 2. The zero-order valence-corrected chi connectivity index (χ0v) is 11.4. The predicted octanol–water partition coefficient (Wildman–Crippen LogP) is 1.96. The number of carboxylic acid groups (broad SMARTS) is 1. The highest BCUT2D eigenvalue weighted by atomic mass is 16.4. The van der Waals surface area contributed by atoms with Crippen molar-refractivity contribution in [2.45, 2.75) is 19.3 Å². The molecule has 2 N–H and O–H groups in total. The van der Waals surface area contributed by atoms with E-state index in [2.05, 4.69) is 34.1 Å². The van der Waals surface area contributed by atoms with Crippen molar-refractivity contribution in [1.82, 2.24) is 15.0 Å². The third kappa shape index (κ3) is 3.09. The van der Waals surface area contributed by atoms with Crippen LogP contribution in [0.3, 0.4) is 0 Å². The number of rotatable bonds is 5. The van der Waals surface area contributed by atoms with Crippen molar-refractivity contribution in [2.75, 3.05) is 11.9 Å². The van der Waals surface area contributed by atoms with Crippen molar-refractivity contribution in [3.8, 4) is 0 Å². The Morgan fingerprint density at radius 3 is 2.50 bits per heavy atom. The first-order valence-corrected chi connectivity index (χ1v) is 6.19. The molecule has 2 rings (SSSR count). The molecule has 0 atom stereocenters. The van der Waals surface area contributed by atoms with Gasteiger partial charge in [-0.15, -0.1) is 0 Å². The molecule has 0 aliphatic rings. The Morgan fingerprint density at radius 1 is 1.20 bits per heavy atom. The molecule has 0 fully saturated rings. The van der Waals surface area contributed by atoms with E-state index in [9.17, 15) is 4.79 Å². The van der Waals surface area contributed by atoms with Crippen molar-refractivity contribution in [2.24, 2.45) is 0 Å². The van der Waals surface area contributed by atoms with Gasteiger partial charge in [0.15, 0.2) is 11.5 Å². The highest BCUT2D eigenvalue weighted by Gasteiger charge is 2.22. The van der Waals surface area contributed by atoms with E-state index in [0.717, 1.165) is 5.56 Å². The average molecular weight is 272 g/mol. The van der Waals surface area contributed by atoms with E-state index < -0.39 is 5.97 Å². The van der Waals surface area contributed by atoms with Crippen molar-refractivity contribution < 1.29 is 9.90 Å². The Hall–Kier alpha value is -2.50. The number of pyridine rings is 1. The molecule has 6 nitrogen and oxygen atoms in total. The van der Waals surface area contributed by atoms with Crippen LogP contribution in [0.5, 0.6) is 0 Å². The van der Waals surface area contributed by atoms with Gasteiger partial charge in [0.1, 0.15) is 0 Å². The molecule has 0 aliphatic carbocycles. The maximum absolute atomic E-state index is 11.1. The second-order valence-electron chi connectivity index (χ2n) is 5.03. The largest absolute Gasteiger partial charge is 0.476 e. The molecular formula is C14H16N4O2. The molecule has 0 amide bonds. The monoisotopic (exact) mass is 272 g/mol. The van der Waals surface area contributed by atoms with Crippen LogP contribution in [-0.2, 0) is 5.41 Å². The number of aromatic carboxylic acids is 1. The summed E-state index contributed by atoms with van der Waals surface area (Å²) in [5, 5.41) is 12.1. The standard InChI is InChI=1S/C14H16N4O2/c1-14(2,10-3-5-15-6-4-10)9-18-12-11(13(19)20)16-7-8-17-12/h3-8H,9H2,1-2H3,(H,17,18)(H,19,20). The second kappa shape index (κ2) is 5.64. The third-order valence-corrected chi connectivity index (χ3v) is 3.06. The molecule has 2 aromatic heterocycles. The molecule has 0 bridgehead atoms. The van der Waals surface area contributed by atoms with Crippen molar-refractivity contribution in [1.29, 1.82) is 0 Å². The highest BCUT2D eigenvalue weighted by molar-refractivity contribution is 5.90. The molecular weight excluding hydrogens is 256 g/mol. The van der Waals surface area contributed by atoms with Crippen LogP contribution in [0.2, 0.25) is 0 Å². The fourth-order valence-corrected chi connectivity index (χ4v) is 1.83. The summed E-state index contributed by atoms with van der Waals surface area (Å²) in [6.45, 7) is 4.66. The zero-order chi connectivity index (χ0) is 14.6. The summed E-state index contributed by atoms with van der Waals surface area (Å²) in [4.78, 5) is 22.9.